The van der Waals surface area contributed by atoms with E-state index in [9.17, 15) is 9.90 Å². The first-order valence-electron chi connectivity index (χ1n) is 7.18. The van der Waals surface area contributed by atoms with Crippen molar-refractivity contribution >= 4 is 5.91 Å². The van der Waals surface area contributed by atoms with Crippen molar-refractivity contribution in [2.75, 3.05) is 13.2 Å². The van der Waals surface area contributed by atoms with E-state index in [4.69, 9.17) is 5.26 Å². The summed E-state index contributed by atoms with van der Waals surface area (Å²) in [6, 6.07) is 18.4. The summed E-state index contributed by atoms with van der Waals surface area (Å²) in [5, 5.41) is 20.8. The average Bonchev–Trinajstić information content (AvgIpc) is 2.59. The van der Waals surface area contributed by atoms with E-state index in [-0.39, 0.29) is 18.4 Å². The minimum atomic E-state index is -0.177. The van der Waals surface area contributed by atoms with Crippen LogP contribution >= 0.6 is 0 Å². The molecule has 1 unspecified atom stereocenters. The van der Waals surface area contributed by atoms with Gasteiger partial charge in [-0.1, -0.05) is 30.3 Å². The summed E-state index contributed by atoms with van der Waals surface area (Å²) in [5.74, 6) is -0.100. The number of rotatable bonds is 6. The standard InChI is InChI=1S/C18H18N2O2/c19-12-14-6-8-16(9-7-14)18(22)20-13-17(10-11-21)15-4-2-1-3-5-15/h1-9,17,21H,10-11,13H2,(H,20,22). The lowest BCUT2D eigenvalue weighted by Gasteiger charge is -2.17. The number of benzene rings is 2. The quantitative estimate of drug-likeness (QED) is 0.859. The highest BCUT2D eigenvalue weighted by Crippen LogP contribution is 2.18. The molecule has 0 aromatic heterocycles. The predicted molar refractivity (Wildman–Crippen MR) is 84.4 cm³/mol. The molecule has 0 saturated heterocycles. The summed E-state index contributed by atoms with van der Waals surface area (Å²) in [4.78, 5) is 12.1. The summed E-state index contributed by atoms with van der Waals surface area (Å²) >= 11 is 0. The number of aliphatic hydroxyl groups is 1. The molecule has 1 amide bonds. The molecular formula is C18H18N2O2. The molecule has 22 heavy (non-hydrogen) atoms. The third-order valence-electron chi connectivity index (χ3n) is 3.53. The van der Waals surface area contributed by atoms with Gasteiger partial charge in [0.25, 0.3) is 5.91 Å². The molecule has 0 heterocycles. The van der Waals surface area contributed by atoms with Crippen LogP contribution in [0.1, 0.15) is 33.8 Å². The number of hydrogen-bond acceptors (Lipinski definition) is 3. The van der Waals surface area contributed by atoms with Crippen LogP contribution in [0.5, 0.6) is 0 Å². The van der Waals surface area contributed by atoms with Gasteiger partial charge in [0, 0.05) is 24.6 Å². The van der Waals surface area contributed by atoms with Gasteiger partial charge in [0.15, 0.2) is 0 Å². The molecule has 2 aromatic rings. The molecule has 0 aliphatic carbocycles. The van der Waals surface area contributed by atoms with Crippen molar-refractivity contribution in [3.63, 3.8) is 0 Å². The van der Waals surface area contributed by atoms with Crippen LogP contribution in [0.2, 0.25) is 0 Å². The number of amides is 1. The van der Waals surface area contributed by atoms with E-state index in [2.05, 4.69) is 5.32 Å². The van der Waals surface area contributed by atoms with Gasteiger partial charge in [-0.2, -0.15) is 5.26 Å². The van der Waals surface area contributed by atoms with Gasteiger partial charge in [0.05, 0.1) is 11.6 Å². The largest absolute Gasteiger partial charge is 0.396 e. The maximum absolute atomic E-state index is 12.1. The summed E-state index contributed by atoms with van der Waals surface area (Å²) in [6.45, 7) is 0.537. The second-order valence-corrected chi connectivity index (χ2v) is 5.02. The topological polar surface area (TPSA) is 73.1 Å². The molecule has 0 spiro atoms. The number of aliphatic hydroxyl groups excluding tert-OH is 1. The Kier molecular flexibility index (Phi) is 5.70. The van der Waals surface area contributed by atoms with Crippen molar-refractivity contribution in [2.24, 2.45) is 0 Å². The van der Waals surface area contributed by atoms with Gasteiger partial charge in [-0.3, -0.25) is 4.79 Å². The smallest absolute Gasteiger partial charge is 0.251 e. The molecule has 2 aromatic carbocycles. The molecule has 0 saturated carbocycles. The zero-order valence-electron chi connectivity index (χ0n) is 12.2. The number of nitrogens with zero attached hydrogens (tertiary/aromatic N) is 1. The molecular weight excluding hydrogens is 276 g/mol. The van der Waals surface area contributed by atoms with E-state index >= 15 is 0 Å². The van der Waals surface area contributed by atoms with Crippen LogP contribution in [0.15, 0.2) is 54.6 Å². The van der Waals surface area contributed by atoms with Gasteiger partial charge in [0.1, 0.15) is 0 Å². The molecule has 0 aliphatic heterocycles. The second-order valence-electron chi connectivity index (χ2n) is 5.02. The van der Waals surface area contributed by atoms with E-state index in [0.29, 0.717) is 24.1 Å². The Morgan fingerprint density at radius 1 is 1.14 bits per heavy atom. The van der Waals surface area contributed by atoms with Crippen molar-refractivity contribution in [2.45, 2.75) is 12.3 Å². The van der Waals surface area contributed by atoms with Crippen LogP contribution in [0.4, 0.5) is 0 Å². The Balaban J connectivity index is 1.99. The first-order valence-corrected chi connectivity index (χ1v) is 7.18. The number of carbonyl (C=O) groups is 1. The third-order valence-corrected chi connectivity index (χ3v) is 3.53. The first kappa shape index (κ1) is 15.7. The molecule has 1 atom stereocenters. The highest BCUT2D eigenvalue weighted by molar-refractivity contribution is 5.94. The van der Waals surface area contributed by atoms with Crippen LogP contribution in [0, 0.1) is 11.3 Å². The van der Waals surface area contributed by atoms with Gasteiger partial charge in [-0.15, -0.1) is 0 Å². The van der Waals surface area contributed by atoms with E-state index in [1.54, 1.807) is 24.3 Å². The monoisotopic (exact) mass is 294 g/mol. The minimum Gasteiger partial charge on any atom is -0.396 e. The fourth-order valence-electron chi connectivity index (χ4n) is 2.28. The first-order chi connectivity index (χ1) is 10.7. The zero-order valence-corrected chi connectivity index (χ0v) is 12.2. The van der Waals surface area contributed by atoms with Crippen molar-refractivity contribution in [1.82, 2.24) is 5.32 Å². The molecule has 112 valence electrons. The molecule has 4 heteroatoms. The normalized spacial score (nSPS) is 11.5. The molecule has 0 bridgehead atoms. The summed E-state index contributed by atoms with van der Waals surface area (Å²) in [7, 11) is 0. The van der Waals surface area contributed by atoms with Crippen molar-refractivity contribution in [3.05, 3.63) is 71.3 Å². The van der Waals surface area contributed by atoms with Crippen LogP contribution in [0.25, 0.3) is 0 Å². The predicted octanol–water partition coefficient (Wildman–Crippen LogP) is 2.45. The zero-order chi connectivity index (χ0) is 15.8. The third kappa shape index (κ3) is 4.18. The van der Waals surface area contributed by atoms with Crippen molar-refractivity contribution < 1.29 is 9.90 Å². The van der Waals surface area contributed by atoms with E-state index in [0.717, 1.165) is 5.56 Å². The molecule has 2 rings (SSSR count). The lowest BCUT2D eigenvalue weighted by Crippen LogP contribution is -2.28. The number of nitrogens with one attached hydrogen (secondary N) is 1. The maximum Gasteiger partial charge on any atom is 0.251 e. The van der Waals surface area contributed by atoms with Crippen LogP contribution in [0.3, 0.4) is 0 Å². The molecule has 4 nitrogen and oxygen atoms in total. The fourth-order valence-corrected chi connectivity index (χ4v) is 2.28. The van der Waals surface area contributed by atoms with Crippen LogP contribution in [-0.4, -0.2) is 24.2 Å². The van der Waals surface area contributed by atoms with Gasteiger partial charge >= 0.3 is 0 Å². The van der Waals surface area contributed by atoms with E-state index in [1.807, 2.05) is 36.4 Å². The molecule has 0 aliphatic rings. The summed E-state index contributed by atoms with van der Waals surface area (Å²) < 4.78 is 0. The Morgan fingerprint density at radius 3 is 2.41 bits per heavy atom. The summed E-state index contributed by atoms with van der Waals surface area (Å²) in [5.41, 5.74) is 2.14. The van der Waals surface area contributed by atoms with E-state index < -0.39 is 0 Å². The van der Waals surface area contributed by atoms with Gasteiger partial charge in [-0.25, -0.2) is 0 Å². The minimum absolute atomic E-state index is 0.0757. The highest BCUT2D eigenvalue weighted by atomic mass is 16.3. The Labute approximate surface area is 130 Å². The van der Waals surface area contributed by atoms with Crippen LogP contribution < -0.4 is 5.32 Å². The van der Waals surface area contributed by atoms with Gasteiger partial charge < -0.3 is 10.4 Å². The van der Waals surface area contributed by atoms with Gasteiger partial charge in [0.2, 0.25) is 0 Å². The SMILES string of the molecule is N#Cc1ccc(C(=O)NCC(CCO)c2ccccc2)cc1. The Hall–Kier alpha value is -2.64. The number of carbonyl (C=O) groups excluding carboxylic acids is 1. The lowest BCUT2D eigenvalue weighted by molar-refractivity contribution is 0.0949. The summed E-state index contributed by atoms with van der Waals surface area (Å²) in [6.07, 6.45) is 0.595. The molecule has 0 radical (unpaired) electrons. The Bertz CT molecular complexity index is 645. The van der Waals surface area contributed by atoms with Crippen molar-refractivity contribution in [3.8, 4) is 6.07 Å². The Morgan fingerprint density at radius 2 is 1.82 bits per heavy atom. The number of hydrogen-bond donors (Lipinski definition) is 2. The maximum atomic E-state index is 12.1. The lowest BCUT2D eigenvalue weighted by atomic mass is 9.96. The molecule has 0 fully saturated rings. The molecule has 2 N–H and O–H groups in total. The highest BCUT2D eigenvalue weighted by Gasteiger charge is 2.13. The van der Waals surface area contributed by atoms with Gasteiger partial charge in [-0.05, 0) is 36.2 Å². The number of nitriles is 1. The van der Waals surface area contributed by atoms with Crippen LogP contribution in [-0.2, 0) is 0 Å². The van der Waals surface area contributed by atoms with E-state index in [1.165, 1.54) is 0 Å². The average molecular weight is 294 g/mol. The van der Waals surface area contributed by atoms with Crippen molar-refractivity contribution in [1.29, 1.82) is 5.26 Å². The second kappa shape index (κ2) is 7.96. The fraction of sp³-hybridized carbons (Fsp3) is 0.222.